The number of carbonyl (C=O) groups excluding carboxylic acids is 2. The lowest BCUT2D eigenvalue weighted by molar-refractivity contribution is -0.144. The third kappa shape index (κ3) is 8.57. The zero-order chi connectivity index (χ0) is 26.5. The summed E-state index contributed by atoms with van der Waals surface area (Å²) in [6.07, 6.45) is 5.78. The fourth-order valence-corrected chi connectivity index (χ4v) is 5.22. The highest BCUT2D eigenvalue weighted by Crippen LogP contribution is 2.41. The van der Waals surface area contributed by atoms with Crippen LogP contribution in [0.4, 0.5) is 0 Å². The van der Waals surface area contributed by atoms with Gasteiger partial charge in [-0.1, -0.05) is 38.3 Å². The molecule has 8 heteroatoms. The van der Waals surface area contributed by atoms with E-state index in [9.17, 15) is 9.59 Å². The maximum absolute atomic E-state index is 13.4. The Balaban J connectivity index is 2.05. The van der Waals surface area contributed by atoms with Crippen molar-refractivity contribution in [2.75, 3.05) is 33.7 Å². The molecule has 0 amide bonds. The first-order valence-corrected chi connectivity index (χ1v) is 13.7. The molecular formula is C28H41NO6S. The Labute approximate surface area is 220 Å². The number of carbonyl (C=O) groups is 2. The van der Waals surface area contributed by atoms with Crippen LogP contribution in [0.25, 0.3) is 5.57 Å². The van der Waals surface area contributed by atoms with Crippen LogP contribution in [0, 0.1) is 11.8 Å². The van der Waals surface area contributed by atoms with E-state index in [0.717, 1.165) is 36.3 Å². The molecule has 200 valence electrons. The van der Waals surface area contributed by atoms with Crippen molar-refractivity contribution in [3.05, 3.63) is 29.5 Å². The Morgan fingerprint density at radius 2 is 1.97 bits per heavy atom. The molecule has 0 heterocycles. The SMILES string of the molecule is CCCCC(CC)COC(=O)CCSc1ccc(OC)c(C2=C(OC)CC(CC(C)=NOC)C2=O)c1. The fourth-order valence-electron chi connectivity index (χ4n) is 4.35. The average Bonchev–Trinajstić information content (AvgIpc) is 3.18. The predicted octanol–water partition coefficient (Wildman–Crippen LogP) is 6.30. The standard InChI is InChI=1S/C28H41NO6S/c1-7-9-10-20(8-2)18-35-26(30)13-14-36-22-11-12-24(32-4)23(17-22)27-25(33-5)16-21(28(27)31)15-19(3)29-34-6/h11-12,17,20-21H,7-10,13-16,18H2,1-6H3. The molecule has 2 atom stereocenters. The molecule has 1 aromatic carbocycles. The van der Waals surface area contributed by atoms with Crippen LogP contribution in [0.5, 0.6) is 5.75 Å². The first kappa shape index (κ1) is 29.7. The van der Waals surface area contributed by atoms with E-state index >= 15 is 0 Å². The summed E-state index contributed by atoms with van der Waals surface area (Å²) >= 11 is 1.56. The van der Waals surface area contributed by atoms with Crippen molar-refractivity contribution < 1.29 is 28.6 Å². The maximum atomic E-state index is 13.4. The van der Waals surface area contributed by atoms with Crippen LogP contribution in [0.3, 0.4) is 0 Å². The van der Waals surface area contributed by atoms with Gasteiger partial charge in [0.25, 0.3) is 0 Å². The van der Waals surface area contributed by atoms with Crippen molar-refractivity contribution in [3.8, 4) is 5.75 Å². The lowest BCUT2D eigenvalue weighted by Gasteiger charge is -2.15. The summed E-state index contributed by atoms with van der Waals surface area (Å²) in [7, 11) is 4.67. The minimum absolute atomic E-state index is 0.00934. The summed E-state index contributed by atoms with van der Waals surface area (Å²) in [5, 5.41) is 3.95. The number of unbranched alkanes of at least 4 members (excludes halogenated alkanes) is 1. The minimum Gasteiger partial charge on any atom is -0.500 e. The smallest absolute Gasteiger partial charge is 0.306 e. The Morgan fingerprint density at radius 1 is 1.19 bits per heavy atom. The molecule has 1 aliphatic carbocycles. The lowest BCUT2D eigenvalue weighted by atomic mass is 9.94. The molecule has 0 aliphatic heterocycles. The monoisotopic (exact) mass is 519 g/mol. The second-order valence-corrected chi connectivity index (χ2v) is 10.2. The molecule has 0 fully saturated rings. The van der Waals surface area contributed by atoms with Gasteiger partial charge >= 0.3 is 5.97 Å². The Bertz CT molecular complexity index is 942. The molecule has 1 aromatic rings. The van der Waals surface area contributed by atoms with Gasteiger partial charge in [-0.3, -0.25) is 9.59 Å². The number of benzene rings is 1. The molecule has 2 rings (SSSR count). The Hall–Kier alpha value is -2.48. The molecular weight excluding hydrogens is 478 g/mol. The number of rotatable bonds is 16. The number of hydrogen-bond acceptors (Lipinski definition) is 8. The van der Waals surface area contributed by atoms with Crippen LogP contribution in [0.15, 0.2) is 34.0 Å². The molecule has 2 unspecified atom stereocenters. The number of methoxy groups -OCH3 is 2. The second kappa shape index (κ2) is 15.6. The largest absolute Gasteiger partial charge is 0.500 e. The molecule has 0 saturated carbocycles. The first-order chi connectivity index (χ1) is 17.4. The van der Waals surface area contributed by atoms with Crippen LogP contribution in [0.1, 0.15) is 71.3 Å². The predicted molar refractivity (Wildman–Crippen MR) is 144 cm³/mol. The summed E-state index contributed by atoms with van der Waals surface area (Å²) in [5.41, 5.74) is 2.01. The zero-order valence-electron chi connectivity index (χ0n) is 22.6. The molecule has 0 radical (unpaired) electrons. The number of Topliss-reactive ketones (excluding diaryl/α,β-unsaturated/α-hetero) is 1. The number of allylic oxidation sites excluding steroid dienone is 2. The van der Waals surface area contributed by atoms with Gasteiger partial charge in [0.1, 0.15) is 18.6 Å². The van der Waals surface area contributed by atoms with Gasteiger partial charge < -0.3 is 19.0 Å². The zero-order valence-corrected chi connectivity index (χ0v) is 23.4. The average molecular weight is 520 g/mol. The number of oxime groups is 1. The minimum atomic E-state index is -0.256. The number of nitrogens with zero attached hydrogens (tertiary/aromatic N) is 1. The van der Waals surface area contributed by atoms with E-state index in [0.29, 0.717) is 60.2 Å². The van der Waals surface area contributed by atoms with Crippen LogP contribution in [0.2, 0.25) is 0 Å². The quantitative estimate of drug-likeness (QED) is 0.110. The summed E-state index contributed by atoms with van der Waals surface area (Å²) in [5.74, 6) is 1.87. The first-order valence-electron chi connectivity index (χ1n) is 12.7. The molecule has 7 nitrogen and oxygen atoms in total. The molecule has 0 bridgehead atoms. The van der Waals surface area contributed by atoms with Gasteiger partial charge in [-0.15, -0.1) is 11.8 Å². The molecule has 1 aliphatic rings. The van der Waals surface area contributed by atoms with E-state index in [1.165, 1.54) is 7.11 Å². The van der Waals surface area contributed by atoms with Gasteiger partial charge in [0.2, 0.25) is 0 Å². The fraction of sp³-hybridized carbons (Fsp3) is 0.607. The van der Waals surface area contributed by atoms with Gasteiger partial charge in [0.05, 0.1) is 38.5 Å². The van der Waals surface area contributed by atoms with E-state index in [1.54, 1.807) is 26.0 Å². The highest BCUT2D eigenvalue weighted by molar-refractivity contribution is 7.99. The Morgan fingerprint density at radius 3 is 2.61 bits per heavy atom. The highest BCUT2D eigenvalue weighted by Gasteiger charge is 2.36. The van der Waals surface area contributed by atoms with Gasteiger partial charge in [-0.05, 0) is 43.9 Å². The molecule has 0 N–H and O–H groups in total. The molecule has 0 saturated heterocycles. The number of hydrogen-bond donors (Lipinski definition) is 0. The van der Waals surface area contributed by atoms with Crippen molar-refractivity contribution >= 4 is 34.8 Å². The summed E-state index contributed by atoms with van der Waals surface area (Å²) in [6.45, 7) is 6.66. The van der Waals surface area contributed by atoms with Crippen molar-refractivity contribution in [1.82, 2.24) is 0 Å². The number of ketones is 1. The van der Waals surface area contributed by atoms with Gasteiger partial charge in [0, 0.05) is 28.6 Å². The second-order valence-electron chi connectivity index (χ2n) is 9.04. The van der Waals surface area contributed by atoms with Gasteiger partial charge in [-0.2, -0.15) is 0 Å². The van der Waals surface area contributed by atoms with Crippen molar-refractivity contribution in [3.63, 3.8) is 0 Å². The van der Waals surface area contributed by atoms with Crippen molar-refractivity contribution in [2.24, 2.45) is 17.0 Å². The highest BCUT2D eigenvalue weighted by atomic mass is 32.2. The van der Waals surface area contributed by atoms with Crippen molar-refractivity contribution in [2.45, 2.75) is 70.6 Å². The summed E-state index contributed by atoms with van der Waals surface area (Å²) in [4.78, 5) is 31.4. The summed E-state index contributed by atoms with van der Waals surface area (Å²) in [6, 6.07) is 5.74. The van der Waals surface area contributed by atoms with Gasteiger partial charge in [-0.25, -0.2) is 0 Å². The van der Waals surface area contributed by atoms with E-state index in [2.05, 4.69) is 19.0 Å². The maximum Gasteiger partial charge on any atom is 0.306 e. The van der Waals surface area contributed by atoms with E-state index in [-0.39, 0.29) is 17.7 Å². The number of thioether (sulfide) groups is 1. The van der Waals surface area contributed by atoms with Gasteiger partial charge in [0.15, 0.2) is 5.78 Å². The third-order valence-corrected chi connectivity index (χ3v) is 7.40. The molecule has 36 heavy (non-hydrogen) atoms. The topological polar surface area (TPSA) is 83.4 Å². The normalized spacial score (nSPS) is 16.8. The van der Waals surface area contributed by atoms with Crippen LogP contribution >= 0.6 is 11.8 Å². The molecule has 0 spiro atoms. The van der Waals surface area contributed by atoms with Crippen LogP contribution < -0.4 is 4.74 Å². The van der Waals surface area contributed by atoms with Crippen LogP contribution in [-0.4, -0.2) is 51.2 Å². The Kier molecular flexibility index (Phi) is 12.9. The number of ether oxygens (including phenoxy) is 3. The summed E-state index contributed by atoms with van der Waals surface area (Å²) < 4.78 is 16.7. The van der Waals surface area contributed by atoms with Crippen molar-refractivity contribution in [1.29, 1.82) is 0 Å². The van der Waals surface area contributed by atoms with E-state index in [1.807, 2.05) is 25.1 Å². The molecule has 0 aromatic heterocycles. The lowest BCUT2D eigenvalue weighted by Crippen LogP contribution is -2.14. The number of esters is 1. The van der Waals surface area contributed by atoms with E-state index < -0.39 is 0 Å². The third-order valence-electron chi connectivity index (χ3n) is 6.40. The van der Waals surface area contributed by atoms with E-state index in [4.69, 9.17) is 19.0 Å². The van der Waals surface area contributed by atoms with Crippen LogP contribution in [-0.2, 0) is 23.9 Å².